The maximum absolute atomic E-state index is 11.0. The molecule has 0 radical (unpaired) electrons. The van der Waals surface area contributed by atoms with Crippen molar-refractivity contribution in [2.75, 3.05) is 13.2 Å². The molecule has 1 atom stereocenters. The van der Waals surface area contributed by atoms with Crippen molar-refractivity contribution in [2.45, 2.75) is 51.5 Å². The molecule has 1 aliphatic heterocycles. The van der Waals surface area contributed by atoms with Crippen molar-refractivity contribution in [1.29, 1.82) is 0 Å². The lowest BCUT2D eigenvalue weighted by Crippen LogP contribution is -2.41. The van der Waals surface area contributed by atoms with Gasteiger partial charge in [0, 0.05) is 18.7 Å². The van der Waals surface area contributed by atoms with Crippen LogP contribution in [0.3, 0.4) is 0 Å². The van der Waals surface area contributed by atoms with Gasteiger partial charge in [0.1, 0.15) is 0 Å². The van der Waals surface area contributed by atoms with E-state index in [9.17, 15) is 4.79 Å². The molecular formula is C12H23NO3. The van der Waals surface area contributed by atoms with Crippen LogP contribution in [0.5, 0.6) is 0 Å². The number of hydrogen-bond donors (Lipinski definition) is 2. The summed E-state index contributed by atoms with van der Waals surface area (Å²) in [5.74, 6) is 0.491. The van der Waals surface area contributed by atoms with Gasteiger partial charge < -0.3 is 15.1 Å². The van der Waals surface area contributed by atoms with Crippen molar-refractivity contribution in [2.24, 2.45) is 5.92 Å². The van der Waals surface area contributed by atoms with Gasteiger partial charge in [0.15, 0.2) is 0 Å². The SMILES string of the molecule is CC1(C)C[C@H](CCCCCO)CN1C(=O)O. The predicted octanol–water partition coefficient (Wildman–Crippen LogP) is 2.32. The Kier molecular flexibility index (Phi) is 4.59. The van der Waals surface area contributed by atoms with Gasteiger partial charge >= 0.3 is 6.09 Å². The van der Waals surface area contributed by atoms with Crippen LogP contribution in [0.25, 0.3) is 0 Å². The van der Waals surface area contributed by atoms with Gasteiger partial charge in [0.2, 0.25) is 0 Å². The molecule has 16 heavy (non-hydrogen) atoms. The van der Waals surface area contributed by atoms with Crippen LogP contribution < -0.4 is 0 Å². The van der Waals surface area contributed by atoms with Crippen molar-refractivity contribution in [1.82, 2.24) is 4.90 Å². The van der Waals surface area contributed by atoms with Gasteiger partial charge in [-0.25, -0.2) is 4.79 Å². The first-order valence-electron chi connectivity index (χ1n) is 6.09. The lowest BCUT2D eigenvalue weighted by molar-refractivity contribution is 0.117. The third-order valence-corrected chi connectivity index (χ3v) is 3.46. The summed E-state index contributed by atoms with van der Waals surface area (Å²) in [5, 5.41) is 17.7. The minimum atomic E-state index is -0.803. The number of aliphatic hydroxyl groups excluding tert-OH is 1. The van der Waals surface area contributed by atoms with Crippen LogP contribution in [0, 0.1) is 5.92 Å². The molecule has 0 unspecified atom stereocenters. The number of unbranched alkanes of at least 4 members (excludes halogenated alkanes) is 2. The average molecular weight is 229 g/mol. The van der Waals surface area contributed by atoms with E-state index >= 15 is 0 Å². The molecule has 4 nitrogen and oxygen atoms in total. The van der Waals surface area contributed by atoms with E-state index in [-0.39, 0.29) is 12.1 Å². The third-order valence-electron chi connectivity index (χ3n) is 3.46. The first-order valence-corrected chi connectivity index (χ1v) is 6.09. The molecule has 0 aromatic heterocycles. The van der Waals surface area contributed by atoms with Crippen LogP contribution in [0.1, 0.15) is 46.0 Å². The van der Waals surface area contributed by atoms with E-state index < -0.39 is 6.09 Å². The zero-order valence-electron chi connectivity index (χ0n) is 10.3. The third kappa shape index (κ3) is 3.37. The molecule has 0 aromatic carbocycles. The van der Waals surface area contributed by atoms with Crippen LogP contribution >= 0.6 is 0 Å². The van der Waals surface area contributed by atoms with E-state index in [2.05, 4.69) is 0 Å². The van der Waals surface area contributed by atoms with Crippen molar-refractivity contribution in [3.05, 3.63) is 0 Å². The monoisotopic (exact) mass is 229 g/mol. The molecule has 1 aliphatic rings. The molecule has 1 fully saturated rings. The van der Waals surface area contributed by atoms with E-state index in [1.807, 2.05) is 13.8 Å². The highest BCUT2D eigenvalue weighted by Gasteiger charge is 2.40. The van der Waals surface area contributed by atoms with Gasteiger partial charge in [-0.15, -0.1) is 0 Å². The van der Waals surface area contributed by atoms with Crippen molar-refractivity contribution >= 4 is 6.09 Å². The summed E-state index contributed by atoms with van der Waals surface area (Å²) in [5.41, 5.74) is -0.215. The predicted molar refractivity (Wildman–Crippen MR) is 62.5 cm³/mol. The molecule has 1 saturated heterocycles. The van der Waals surface area contributed by atoms with Crippen LogP contribution in [0.2, 0.25) is 0 Å². The van der Waals surface area contributed by atoms with E-state index in [0.717, 1.165) is 32.1 Å². The number of rotatable bonds is 5. The van der Waals surface area contributed by atoms with Gasteiger partial charge in [-0.1, -0.05) is 12.8 Å². The molecule has 0 saturated carbocycles. The van der Waals surface area contributed by atoms with Gasteiger partial charge in [-0.05, 0) is 39.0 Å². The standard InChI is InChI=1S/C12H23NO3/c1-12(2)8-10(6-4-3-5-7-14)9-13(12)11(15)16/h10,14H,3-9H2,1-2H3,(H,15,16)/t10-/m0/s1. The smallest absolute Gasteiger partial charge is 0.407 e. The minimum absolute atomic E-state index is 0.215. The van der Waals surface area contributed by atoms with Crippen molar-refractivity contribution in [3.8, 4) is 0 Å². The highest BCUT2D eigenvalue weighted by molar-refractivity contribution is 5.66. The second-order valence-electron chi connectivity index (χ2n) is 5.35. The number of hydrogen-bond acceptors (Lipinski definition) is 2. The fraction of sp³-hybridized carbons (Fsp3) is 0.917. The van der Waals surface area contributed by atoms with E-state index in [0.29, 0.717) is 12.5 Å². The van der Waals surface area contributed by atoms with Crippen LogP contribution in [-0.4, -0.2) is 39.9 Å². The summed E-state index contributed by atoms with van der Waals surface area (Å²) in [6.07, 6.45) is 4.22. The molecular weight excluding hydrogens is 206 g/mol. The van der Waals surface area contributed by atoms with E-state index in [4.69, 9.17) is 10.2 Å². The Morgan fingerprint density at radius 2 is 2.06 bits per heavy atom. The van der Waals surface area contributed by atoms with Gasteiger partial charge in [-0.2, -0.15) is 0 Å². The first-order chi connectivity index (χ1) is 7.47. The normalized spacial score (nSPS) is 23.7. The van der Waals surface area contributed by atoms with Crippen molar-refractivity contribution < 1.29 is 15.0 Å². The maximum Gasteiger partial charge on any atom is 0.407 e. The molecule has 94 valence electrons. The number of amides is 1. The highest BCUT2D eigenvalue weighted by atomic mass is 16.4. The topological polar surface area (TPSA) is 60.8 Å². The van der Waals surface area contributed by atoms with Crippen LogP contribution in [0.15, 0.2) is 0 Å². The van der Waals surface area contributed by atoms with Gasteiger partial charge in [-0.3, -0.25) is 0 Å². The Bertz CT molecular complexity index is 240. The number of likely N-dealkylation sites (tertiary alicyclic amines) is 1. The molecule has 2 N–H and O–H groups in total. The van der Waals surface area contributed by atoms with Gasteiger partial charge in [0.05, 0.1) is 0 Å². The summed E-state index contributed by atoms with van der Waals surface area (Å²) in [6, 6.07) is 0. The Labute approximate surface area is 97.3 Å². The lowest BCUT2D eigenvalue weighted by atomic mass is 9.93. The Hall–Kier alpha value is -0.770. The number of carbonyl (C=O) groups is 1. The summed E-state index contributed by atoms with van der Waals surface area (Å²) < 4.78 is 0. The lowest BCUT2D eigenvalue weighted by Gasteiger charge is -2.28. The van der Waals surface area contributed by atoms with Crippen LogP contribution in [-0.2, 0) is 0 Å². The summed E-state index contributed by atoms with van der Waals surface area (Å²) >= 11 is 0. The number of aliphatic hydroxyl groups is 1. The summed E-state index contributed by atoms with van der Waals surface area (Å²) in [6.45, 7) is 4.92. The molecule has 0 aliphatic carbocycles. The first kappa shape index (κ1) is 13.3. The Morgan fingerprint density at radius 1 is 1.38 bits per heavy atom. The molecule has 1 rings (SSSR count). The second-order valence-corrected chi connectivity index (χ2v) is 5.35. The second kappa shape index (κ2) is 5.53. The minimum Gasteiger partial charge on any atom is -0.465 e. The molecule has 1 heterocycles. The zero-order valence-corrected chi connectivity index (χ0v) is 10.3. The van der Waals surface area contributed by atoms with E-state index in [1.54, 1.807) is 4.90 Å². The number of carboxylic acid groups (broad SMARTS) is 1. The van der Waals surface area contributed by atoms with Crippen molar-refractivity contribution in [3.63, 3.8) is 0 Å². The van der Waals surface area contributed by atoms with E-state index in [1.165, 1.54) is 0 Å². The fourth-order valence-corrected chi connectivity index (χ4v) is 2.64. The molecule has 1 amide bonds. The molecule has 0 aromatic rings. The highest BCUT2D eigenvalue weighted by Crippen LogP contribution is 2.35. The zero-order chi connectivity index (χ0) is 12.2. The molecule has 0 bridgehead atoms. The van der Waals surface area contributed by atoms with Gasteiger partial charge in [0.25, 0.3) is 0 Å². The Morgan fingerprint density at radius 3 is 2.56 bits per heavy atom. The van der Waals surface area contributed by atoms with Crippen LogP contribution in [0.4, 0.5) is 4.79 Å². The summed E-state index contributed by atoms with van der Waals surface area (Å²) in [4.78, 5) is 12.6. The maximum atomic E-state index is 11.0. The Balaban J connectivity index is 2.34. The molecule has 0 spiro atoms. The average Bonchev–Trinajstić information content (AvgIpc) is 2.48. The fourth-order valence-electron chi connectivity index (χ4n) is 2.64. The quantitative estimate of drug-likeness (QED) is 0.711. The largest absolute Gasteiger partial charge is 0.465 e. The number of nitrogens with zero attached hydrogens (tertiary/aromatic N) is 1. The summed E-state index contributed by atoms with van der Waals surface area (Å²) in [7, 11) is 0. The molecule has 4 heteroatoms.